The van der Waals surface area contributed by atoms with E-state index in [1.807, 2.05) is 6.07 Å². The van der Waals surface area contributed by atoms with Gasteiger partial charge in [0, 0.05) is 32.4 Å². The van der Waals surface area contributed by atoms with Gasteiger partial charge < -0.3 is 14.6 Å². The second-order valence-corrected chi connectivity index (χ2v) is 9.25. The van der Waals surface area contributed by atoms with E-state index < -0.39 is 10.0 Å². The number of sulfonamides is 1. The van der Waals surface area contributed by atoms with Crippen LogP contribution < -0.4 is 10.1 Å². The first kappa shape index (κ1) is 18.5. The van der Waals surface area contributed by atoms with E-state index >= 15 is 0 Å². The van der Waals surface area contributed by atoms with Gasteiger partial charge in [-0.05, 0) is 55.0 Å². The molecule has 0 radical (unpaired) electrons. The number of nitrogens with one attached hydrogen (secondary N) is 1. The molecular weight excluding hydrogens is 364 g/mol. The highest BCUT2D eigenvalue weighted by molar-refractivity contribution is 7.89. The lowest BCUT2D eigenvalue weighted by Crippen LogP contribution is -2.43. The van der Waals surface area contributed by atoms with E-state index in [0.717, 1.165) is 31.6 Å². The molecule has 1 aromatic carbocycles. The average Bonchev–Trinajstić information content (AvgIpc) is 3.14. The lowest BCUT2D eigenvalue weighted by molar-refractivity contribution is 0.219. The molecule has 1 aromatic heterocycles. The predicted molar refractivity (Wildman–Crippen MR) is 102 cm³/mol. The van der Waals surface area contributed by atoms with Crippen molar-refractivity contribution >= 4 is 10.0 Å². The van der Waals surface area contributed by atoms with Crippen molar-refractivity contribution in [2.24, 2.45) is 13.0 Å². The Kier molecular flexibility index (Phi) is 4.96. The van der Waals surface area contributed by atoms with Gasteiger partial charge in [0.25, 0.3) is 10.0 Å². The first-order valence-corrected chi connectivity index (χ1v) is 10.8. The van der Waals surface area contributed by atoms with E-state index in [0.29, 0.717) is 19.0 Å². The van der Waals surface area contributed by atoms with Crippen molar-refractivity contribution in [3.8, 4) is 5.75 Å². The fraction of sp³-hybridized carbons (Fsp3) is 0.526. The second kappa shape index (κ2) is 7.26. The molecular formula is C19H26N4O3S. The van der Waals surface area contributed by atoms with E-state index in [2.05, 4.69) is 22.4 Å². The average molecular weight is 391 g/mol. The van der Waals surface area contributed by atoms with Gasteiger partial charge in [-0.1, -0.05) is 6.07 Å². The summed E-state index contributed by atoms with van der Waals surface area (Å²) in [6.45, 7) is 2.01. The van der Waals surface area contributed by atoms with Crippen LogP contribution >= 0.6 is 0 Å². The van der Waals surface area contributed by atoms with E-state index in [-0.39, 0.29) is 11.1 Å². The summed E-state index contributed by atoms with van der Waals surface area (Å²) in [6, 6.07) is 6.57. The van der Waals surface area contributed by atoms with Gasteiger partial charge in [-0.2, -0.15) is 4.31 Å². The summed E-state index contributed by atoms with van der Waals surface area (Å²) in [7, 11) is -0.0307. The number of ether oxygens (including phenoxy) is 1. The van der Waals surface area contributed by atoms with Crippen molar-refractivity contribution in [1.82, 2.24) is 19.2 Å². The van der Waals surface area contributed by atoms with Crippen LogP contribution in [0.4, 0.5) is 0 Å². The normalized spacial score (nSPS) is 21.8. The molecule has 1 unspecified atom stereocenters. The number of aromatic nitrogens is 2. The molecule has 8 heteroatoms. The molecule has 2 aromatic rings. The van der Waals surface area contributed by atoms with Crippen LogP contribution in [0.1, 0.15) is 30.0 Å². The fourth-order valence-corrected chi connectivity index (χ4v) is 5.66. The summed E-state index contributed by atoms with van der Waals surface area (Å²) >= 11 is 0. The van der Waals surface area contributed by atoms with E-state index in [1.165, 1.54) is 17.5 Å². The molecule has 1 fully saturated rings. The van der Waals surface area contributed by atoms with Gasteiger partial charge in [0.15, 0.2) is 5.03 Å². The lowest BCUT2D eigenvalue weighted by atomic mass is 9.81. The Morgan fingerprint density at radius 1 is 1.26 bits per heavy atom. The minimum atomic E-state index is -3.50. The zero-order valence-electron chi connectivity index (χ0n) is 15.8. The van der Waals surface area contributed by atoms with Gasteiger partial charge >= 0.3 is 0 Å². The number of piperidine rings is 1. The monoisotopic (exact) mass is 390 g/mol. The SMILES string of the molecule is COc1ccc2c(c1)CCNC2C1CCN(S(=O)(=O)c2cn(C)cn2)CC1. The molecule has 0 aliphatic carbocycles. The quantitative estimate of drug-likeness (QED) is 0.860. The van der Waals surface area contributed by atoms with Crippen LogP contribution in [0, 0.1) is 5.92 Å². The highest BCUT2D eigenvalue weighted by Gasteiger charge is 2.35. The summed E-state index contributed by atoms with van der Waals surface area (Å²) in [5.74, 6) is 1.32. The third-order valence-corrected chi connectivity index (χ3v) is 7.48. The molecule has 27 heavy (non-hydrogen) atoms. The van der Waals surface area contributed by atoms with Crippen molar-refractivity contribution in [2.75, 3.05) is 26.7 Å². The number of rotatable bonds is 4. The van der Waals surface area contributed by atoms with Crippen molar-refractivity contribution in [3.05, 3.63) is 41.9 Å². The minimum absolute atomic E-state index is 0.136. The standard InChI is InChI=1S/C19H26N4O3S/c1-22-12-18(21-13-22)27(24,25)23-9-6-14(7-10-23)19-17-4-3-16(26-2)11-15(17)5-8-20-19/h3-4,11-14,19-20H,5-10H2,1-2H3. The van der Waals surface area contributed by atoms with Gasteiger partial charge in [-0.25, -0.2) is 13.4 Å². The topological polar surface area (TPSA) is 76.5 Å². The van der Waals surface area contributed by atoms with Crippen molar-refractivity contribution in [2.45, 2.75) is 30.3 Å². The number of fused-ring (bicyclic) bond motifs is 1. The summed E-state index contributed by atoms with van der Waals surface area (Å²) in [6.07, 6.45) is 5.77. The molecule has 0 saturated carbocycles. The van der Waals surface area contributed by atoms with Crippen molar-refractivity contribution < 1.29 is 13.2 Å². The van der Waals surface area contributed by atoms with Crippen LogP contribution in [-0.2, 0) is 23.5 Å². The second-order valence-electron chi connectivity index (χ2n) is 7.37. The van der Waals surface area contributed by atoms with E-state index in [1.54, 1.807) is 29.2 Å². The first-order valence-electron chi connectivity index (χ1n) is 9.37. The van der Waals surface area contributed by atoms with Crippen LogP contribution in [0.3, 0.4) is 0 Å². The van der Waals surface area contributed by atoms with Crippen molar-refractivity contribution in [1.29, 1.82) is 0 Å². The molecule has 0 amide bonds. The number of hydrogen-bond donors (Lipinski definition) is 1. The maximum atomic E-state index is 12.8. The fourth-order valence-electron chi connectivity index (χ4n) is 4.23. The van der Waals surface area contributed by atoms with Gasteiger partial charge in [0.2, 0.25) is 0 Å². The Bertz CT molecular complexity index is 917. The highest BCUT2D eigenvalue weighted by Crippen LogP contribution is 2.37. The highest BCUT2D eigenvalue weighted by atomic mass is 32.2. The maximum Gasteiger partial charge on any atom is 0.262 e. The van der Waals surface area contributed by atoms with Gasteiger partial charge in [-0.3, -0.25) is 0 Å². The molecule has 7 nitrogen and oxygen atoms in total. The van der Waals surface area contributed by atoms with Crippen LogP contribution in [0.25, 0.3) is 0 Å². The molecule has 1 atom stereocenters. The van der Waals surface area contributed by atoms with Gasteiger partial charge in [0.1, 0.15) is 5.75 Å². The number of hydrogen-bond acceptors (Lipinski definition) is 5. The van der Waals surface area contributed by atoms with Crippen LogP contribution in [-0.4, -0.2) is 49.0 Å². The molecule has 3 heterocycles. The Morgan fingerprint density at radius 2 is 2.04 bits per heavy atom. The third-order valence-electron chi connectivity index (χ3n) is 5.70. The van der Waals surface area contributed by atoms with E-state index in [9.17, 15) is 8.42 Å². The number of aryl methyl sites for hydroxylation is 1. The van der Waals surface area contributed by atoms with Gasteiger partial charge in [0.05, 0.1) is 13.4 Å². The van der Waals surface area contributed by atoms with Crippen LogP contribution in [0.15, 0.2) is 35.7 Å². The Morgan fingerprint density at radius 3 is 2.70 bits per heavy atom. The molecule has 0 spiro atoms. The van der Waals surface area contributed by atoms with Crippen molar-refractivity contribution in [3.63, 3.8) is 0 Å². The maximum absolute atomic E-state index is 12.8. The van der Waals surface area contributed by atoms with E-state index in [4.69, 9.17) is 4.74 Å². The molecule has 1 saturated heterocycles. The van der Waals surface area contributed by atoms with Crippen LogP contribution in [0.2, 0.25) is 0 Å². The lowest BCUT2D eigenvalue weighted by Gasteiger charge is -2.38. The summed E-state index contributed by atoms with van der Waals surface area (Å²) in [5.41, 5.74) is 2.66. The molecule has 1 N–H and O–H groups in total. The Hall–Kier alpha value is -1.90. The molecule has 0 bridgehead atoms. The zero-order valence-corrected chi connectivity index (χ0v) is 16.6. The smallest absolute Gasteiger partial charge is 0.262 e. The molecule has 2 aliphatic rings. The molecule has 4 rings (SSSR count). The predicted octanol–water partition coefficient (Wildman–Crippen LogP) is 1.72. The third kappa shape index (κ3) is 3.49. The largest absolute Gasteiger partial charge is 0.497 e. The minimum Gasteiger partial charge on any atom is -0.497 e. The number of benzene rings is 1. The zero-order chi connectivity index (χ0) is 19.0. The summed E-state index contributed by atoms with van der Waals surface area (Å²) in [5, 5.41) is 3.78. The summed E-state index contributed by atoms with van der Waals surface area (Å²) < 4.78 is 34.1. The number of imidazole rings is 1. The van der Waals surface area contributed by atoms with Crippen LogP contribution in [0.5, 0.6) is 5.75 Å². The number of methoxy groups -OCH3 is 1. The Balaban J connectivity index is 1.47. The first-order chi connectivity index (χ1) is 13.0. The number of nitrogens with zero attached hydrogens (tertiary/aromatic N) is 3. The molecule has 146 valence electrons. The Labute approximate surface area is 160 Å². The summed E-state index contributed by atoms with van der Waals surface area (Å²) in [4.78, 5) is 4.03. The molecule has 2 aliphatic heterocycles. The van der Waals surface area contributed by atoms with Gasteiger partial charge in [-0.15, -0.1) is 0 Å².